The highest BCUT2D eigenvalue weighted by Gasteiger charge is 2.48. The van der Waals surface area contributed by atoms with Gasteiger partial charge in [-0.25, -0.2) is 9.18 Å². The van der Waals surface area contributed by atoms with E-state index >= 15 is 0 Å². The largest absolute Gasteiger partial charge is 0.492 e. The lowest BCUT2D eigenvalue weighted by atomic mass is 9.74. The molecule has 0 saturated carbocycles. The van der Waals surface area contributed by atoms with Gasteiger partial charge in [0.2, 0.25) is 0 Å². The highest BCUT2D eigenvalue weighted by atomic mass is 19.1. The van der Waals surface area contributed by atoms with Crippen LogP contribution < -0.4 is 4.74 Å². The molecule has 0 aromatic heterocycles. The molecule has 5 nitrogen and oxygen atoms in total. The first-order valence-corrected chi connectivity index (χ1v) is 11.2. The molecule has 2 atom stereocenters. The van der Waals surface area contributed by atoms with Crippen molar-refractivity contribution in [2.24, 2.45) is 0 Å². The van der Waals surface area contributed by atoms with Crippen molar-refractivity contribution in [2.75, 3.05) is 26.3 Å². The van der Waals surface area contributed by atoms with Gasteiger partial charge >= 0.3 is 6.09 Å². The zero-order valence-electron chi connectivity index (χ0n) is 17.2. The van der Waals surface area contributed by atoms with E-state index < -0.39 is 0 Å². The Morgan fingerprint density at radius 1 is 1.21 bits per heavy atom. The van der Waals surface area contributed by atoms with Crippen LogP contribution in [0.4, 0.5) is 9.18 Å². The fourth-order valence-corrected chi connectivity index (χ4v) is 6.08. The summed E-state index contributed by atoms with van der Waals surface area (Å²) in [6, 6.07) is 6.12. The van der Waals surface area contributed by atoms with Crippen molar-refractivity contribution in [2.45, 2.75) is 75.4 Å². The molecule has 1 spiro atoms. The highest BCUT2D eigenvalue weighted by molar-refractivity contribution is 5.69. The van der Waals surface area contributed by atoms with Gasteiger partial charge in [0, 0.05) is 29.1 Å². The summed E-state index contributed by atoms with van der Waals surface area (Å²) in [5, 5.41) is 0. The molecule has 0 N–H and O–H groups in total. The molecule has 1 aromatic rings. The molecule has 3 fully saturated rings. The van der Waals surface area contributed by atoms with Crippen LogP contribution in [0.1, 0.15) is 57.4 Å². The van der Waals surface area contributed by atoms with Crippen LogP contribution in [0.25, 0.3) is 0 Å². The van der Waals surface area contributed by atoms with Crippen molar-refractivity contribution < 1.29 is 18.7 Å². The van der Waals surface area contributed by atoms with E-state index in [0.29, 0.717) is 31.3 Å². The number of carbonyl (C=O) groups is 1. The zero-order chi connectivity index (χ0) is 20.0. The molecule has 3 saturated heterocycles. The van der Waals surface area contributed by atoms with E-state index in [1.807, 2.05) is 11.8 Å². The van der Waals surface area contributed by atoms with Crippen molar-refractivity contribution in [3.63, 3.8) is 0 Å². The Hall–Kier alpha value is -1.82. The predicted molar refractivity (Wildman–Crippen MR) is 108 cm³/mol. The van der Waals surface area contributed by atoms with Gasteiger partial charge in [-0.3, -0.25) is 0 Å². The first-order chi connectivity index (χ1) is 14.1. The number of likely N-dealkylation sites (tertiary alicyclic amines) is 1. The van der Waals surface area contributed by atoms with Gasteiger partial charge in [0.15, 0.2) is 0 Å². The molecule has 1 aromatic carbocycles. The summed E-state index contributed by atoms with van der Waals surface area (Å²) < 4.78 is 25.2. The SMILES string of the molecule is CCCOC(=O)N1C2CCC1CC(N1CCC3(CC1)COc1ccc(F)cc13)C2. The number of hydrogen-bond acceptors (Lipinski definition) is 4. The summed E-state index contributed by atoms with van der Waals surface area (Å²) >= 11 is 0. The molecule has 0 radical (unpaired) electrons. The van der Waals surface area contributed by atoms with Crippen molar-refractivity contribution in [1.29, 1.82) is 0 Å². The van der Waals surface area contributed by atoms with Gasteiger partial charge in [-0.15, -0.1) is 0 Å². The Balaban J connectivity index is 1.22. The fourth-order valence-electron chi connectivity index (χ4n) is 6.08. The van der Waals surface area contributed by atoms with Crippen LogP contribution in [0.2, 0.25) is 0 Å². The summed E-state index contributed by atoms with van der Waals surface area (Å²) in [5.74, 6) is 0.687. The lowest BCUT2D eigenvalue weighted by molar-refractivity contribution is 0.0237. The van der Waals surface area contributed by atoms with Crippen LogP contribution >= 0.6 is 0 Å². The molecule has 4 aliphatic heterocycles. The topological polar surface area (TPSA) is 42.0 Å². The molecular weight excluding hydrogens is 371 g/mol. The third kappa shape index (κ3) is 3.29. The van der Waals surface area contributed by atoms with Crippen LogP contribution in [-0.2, 0) is 10.2 Å². The summed E-state index contributed by atoms with van der Waals surface area (Å²) in [7, 11) is 0. The van der Waals surface area contributed by atoms with E-state index in [2.05, 4.69) is 4.90 Å². The molecule has 158 valence electrons. The highest BCUT2D eigenvalue weighted by Crippen LogP contribution is 2.47. The van der Waals surface area contributed by atoms with Crippen molar-refractivity contribution in [3.8, 4) is 5.75 Å². The molecule has 2 bridgehead atoms. The Bertz CT molecular complexity index is 763. The number of nitrogens with zero attached hydrogens (tertiary/aromatic N) is 2. The average molecular weight is 403 g/mol. The molecule has 6 heteroatoms. The zero-order valence-corrected chi connectivity index (χ0v) is 17.2. The van der Waals surface area contributed by atoms with Gasteiger partial charge in [-0.1, -0.05) is 6.92 Å². The second-order valence-corrected chi connectivity index (χ2v) is 9.28. The maximum absolute atomic E-state index is 13.8. The molecule has 29 heavy (non-hydrogen) atoms. The third-order valence-corrected chi connectivity index (χ3v) is 7.64. The van der Waals surface area contributed by atoms with E-state index in [9.17, 15) is 9.18 Å². The minimum absolute atomic E-state index is 0.0302. The summed E-state index contributed by atoms with van der Waals surface area (Å²) in [5.41, 5.74) is 1.03. The van der Waals surface area contributed by atoms with E-state index in [4.69, 9.17) is 9.47 Å². The number of ether oxygens (including phenoxy) is 2. The van der Waals surface area contributed by atoms with Crippen molar-refractivity contribution in [3.05, 3.63) is 29.6 Å². The number of rotatable bonds is 3. The third-order valence-electron chi connectivity index (χ3n) is 7.64. The van der Waals surface area contributed by atoms with Gasteiger partial charge < -0.3 is 19.3 Å². The smallest absolute Gasteiger partial charge is 0.410 e. The van der Waals surface area contributed by atoms with Crippen molar-refractivity contribution in [1.82, 2.24) is 9.80 Å². The number of fused-ring (bicyclic) bond motifs is 4. The van der Waals surface area contributed by atoms with E-state index in [1.165, 1.54) is 6.07 Å². The second kappa shape index (κ2) is 7.46. The van der Waals surface area contributed by atoms with Crippen LogP contribution in [0.5, 0.6) is 5.75 Å². The normalized spacial score (nSPS) is 30.3. The van der Waals surface area contributed by atoms with Crippen LogP contribution in [-0.4, -0.2) is 60.3 Å². The number of piperidine rings is 2. The molecule has 0 aliphatic carbocycles. The summed E-state index contributed by atoms with van der Waals surface area (Å²) in [6.45, 7) is 5.25. The molecule has 2 unspecified atom stereocenters. The Labute approximate surface area is 172 Å². The summed E-state index contributed by atoms with van der Waals surface area (Å²) in [6.07, 6.45) is 7.07. The maximum atomic E-state index is 13.8. The van der Waals surface area contributed by atoms with Crippen LogP contribution in [0.3, 0.4) is 0 Å². The number of benzene rings is 1. The van der Waals surface area contributed by atoms with Gasteiger partial charge in [0.1, 0.15) is 11.6 Å². The Morgan fingerprint density at radius 2 is 1.93 bits per heavy atom. The minimum atomic E-state index is -0.171. The molecule has 5 rings (SSSR count). The number of halogens is 1. The number of carbonyl (C=O) groups excluding carboxylic acids is 1. The molecule has 4 heterocycles. The minimum Gasteiger partial charge on any atom is -0.492 e. The van der Waals surface area contributed by atoms with Crippen molar-refractivity contribution >= 4 is 6.09 Å². The standard InChI is InChI=1S/C23H31FN2O3/c1-2-11-28-22(27)26-17-4-5-18(26)14-19(13-17)25-9-7-23(8-10-25)15-29-21-6-3-16(24)12-20(21)23/h3,6,12,17-19H,2,4-5,7-11,13-15H2,1H3. The lowest BCUT2D eigenvalue weighted by Gasteiger charge is -2.46. The molecule has 4 aliphatic rings. The van der Waals surface area contributed by atoms with E-state index in [-0.39, 0.29) is 17.3 Å². The van der Waals surface area contributed by atoms with E-state index in [0.717, 1.165) is 69.3 Å². The lowest BCUT2D eigenvalue weighted by Crippen LogP contribution is -2.55. The predicted octanol–water partition coefficient (Wildman–Crippen LogP) is 4.09. The molecule has 1 amide bonds. The maximum Gasteiger partial charge on any atom is 0.410 e. The average Bonchev–Trinajstić information content (AvgIpc) is 3.21. The van der Waals surface area contributed by atoms with Crippen LogP contribution in [0.15, 0.2) is 18.2 Å². The Kier molecular flexibility index (Phi) is 4.93. The number of hydrogen-bond donors (Lipinski definition) is 0. The second-order valence-electron chi connectivity index (χ2n) is 9.28. The summed E-state index contributed by atoms with van der Waals surface area (Å²) in [4.78, 5) is 17.1. The first kappa shape index (κ1) is 19.2. The quantitative estimate of drug-likeness (QED) is 0.764. The first-order valence-electron chi connectivity index (χ1n) is 11.2. The fraction of sp³-hybridized carbons (Fsp3) is 0.696. The number of amides is 1. The van der Waals surface area contributed by atoms with Gasteiger partial charge in [-0.2, -0.15) is 0 Å². The van der Waals surface area contributed by atoms with Crippen LogP contribution in [0, 0.1) is 5.82 Å². The van der Waals surface area contributed by atoms with E-state index in [1.54, 1.807) is 12.1 Å². The van der Waals surface area contributed by atoms with Gasteiger partial charge in [0.05, 0.1) is 13.2 Å². The van der Waals surface area contributed by atoms with Gasteiger partial charge in [0.25, 0.3) is 0 Å². The van der Waals surface area contributed by atoms with Gasteiger partial charge in [-0.05, 0) is 76.2 Å². The molecular formula is C23H31FN2O3. The monoisotopic (exact) mass is 402 g/mol. The Morgan fingerprint density at radius 3 is 2.62 bits per heavy atom.